The van der Waals surface area contributed by atoms with E-state index in [4.69, 9.17) is 0 Å². The molecule has 0 aliphatic rings. The van der Waals surface area contributed by atoms with E-state index >= 15 is 0 Å². The predicted octanol–water partition coefficient (Wildman–Crippen LogP) is 4.11. The van der Waals surface area contributed by atoms with Crippen LogP contribution in [0.25, 0.3) is 0 Å². The highest BCUT2D eigenvalue weighted by atomic mass is 19.1. The lowest BCUT2D eigenvalue weighted by Gasteiger charge is -2.22. The molecule has 2 aromatic carbocycles. The number of hydrogen-bond acceptors (Lipinski definition) is 2. The van der Waals surface area contributed by atoms with Gasteiger partial charge in [0.2, 0.25) is 0 Å². The monoisotopic (exact) mass is 334 g/mol. The highest BCUT2D eigenvalue weighted by Gasteiger charge is 2.16. The van der Waals surface area contributed by atoms with Crippen molar-refractivity contribution in [1.82, 2.24) is 9.88 Å². The van der Waals surface area contributed by atoms with Crippen LogP contribution in [-0.4, -0.2) is 22.3 Å². The van der Waals surface area contributed by atoms with Crippen LogP contribution < -0.4 is 0 Å². The fraction of sp³-hybridized carbons (Fsp3) is 0.143. The quantitative estimate of drug-likeness (QED) is 0.680. The number of benzene rings is 2. The number of nitrogens with zero attached hydrogens (tertiary/aromatic N) is 2. The van der Waals surface area contributed by atoms with E-state index < -0.39 is 0 Å². The number of halogens is 1. The Bertz CT molecular complexity index is 804. The number of carbonyl (C=O) groups excluding carboxylic acids is 1. The largest absolute Gasteiger partial charge is 0.332 e. The third kappa shape index (κ3) is 4.73. The van der Waals surface area contributed by atoms with Crippen LogP contribution in [0, 0.1) is 5.82 Å². The minimum atomic E-state index is -0.350. The van der Waals surface area contributed by atoms with Crippen LogP contribution in [0.1, 0.15) is 21.6 Å². The average molecular weight is 334 g/mol. The molecule has 3 rings (SSSR count). The maximum atomic E-state index is 13.1. The summed E-state index contributed by atoms with van der Waals surface area (Å²) in [7, 11) is 0. The van der Waals surface area contributed by atoms with Crippen molar-refractivity contribution in [1.29, 1.82) is 0 Å². The molecule has 1 aromatic heterocycles. The second-order valence-corrected chi connectivity index (χ2v) is 5.79. The predicted molar refractivity (Wildman–Crippen MR) is 95.5 cm³/mol. The molecule has 0 N–H and O–H groups in total. The Morgan fingerprint density at radius 3 is 2.32 bits per heavy atom. The van der Waals surface area contributed by atoms with Crippen molar-refractivity contribution in [3.05, 3.63) is 102 Å². The first kappa shape index (κ1) is 16.8. The highest BCUT2D eigenvalue weighted by Crippen LogP contribution is 2.12. The van der Waals surface area contributed by atoms with E-state index in [-0.39, 0.29) is 11.7 Å². The highest BCUT2D eigenvalue weighted by molar-refractivity contribution is 5.94. The molecule has 0 atom stereocenters. The van der Waals surface area contributed by atoms with Gasteiger partial charge in [-0.1, -0.05) is 36.4 Å². The molecule has 1 heterocycles. The zero-order valence-electron chi connectivity index (χ0n) is 13.8. The lowest BCUT2D eigenvalue weighted by Crippen LogP contribution is -2.32. The lowest BCUT2D eigenvalue weighted by atomic mass is 10.1. The number of aromatic nitrogens is 1. The molecule has 0 radical (unpaired) electrons. The number of carbonyl (C=O) groups is 1. The summed E-state index contributed by atoms with van der Waals surface area (Å²) in [5.74, 6) is -0.473. The van der Waals surface area contributed by atoms with Gasteiger partial charge < -0.3 is 4.90 Å². The van der Waals surface area contributed by atoms with Gasteiger partial charge in [0.25, 0.3) is 5.91 Å². The van der Waals surface area contributed by atoms with Crippen molar-refractivity contribution in [2.24, 2.45) is 0 Å². The molecule has 25 heavy (non-hydrogen) atoms. The zero-order chi connectivity index (χ0) is 17.5. The number of rotatable bonds is 6. The normalized spacial score (nSPS) is 10.4. The number of pyridine rings is 1. The Morgan fingerprint density at radius 2 is 1.64 bits per heavy atom. The first-order valence-electron chi connectivity index (χ1n) is 8.21. The van der Waals surface area contributed by atoms with Gasteiger partial charge >= 0.3 is 0 Å². The standard InChI is InChI=1S/C21H19FN2O/c22-19-11-9-18(10-12-19)21(25)24(16-20-8-4-5-14-23-20)15-13-17-6-2-1-3-7-17/h1-12,14H,13,15-16H2. The van der Waals surface area contributed by atoms with Gasteiger partial charge in [-0.15, -0.1) is 0 Å². The Kier molecular flexibility index (Phi) is 5.52. The minimum absolute atomic E-state index is 0.124. The maximum Gasteiger partial charge on any atom is 0.254 e. The molecular formula is C21H19FN2O. The molecule has 0 saturated carbocycles. The zero-order valence-corrected chi connectivity index (χ0v) is 13.8. The minimum Gasteiger partial charge on any atom is -0.332 e. The van der Waals surface area contributed by atoms with Crippen LogP contribution in [0.3, 0.4) is 0 Å². The fourth-order valence-corrected chi connectivity index (χ4v) is 2.62. The molecule has 3 nitrogen and oxygen atoms in total. The van der Waals surface area contributed by atoms with Crippen molar-refractivity contribution < 1.29 is 9.18 Å². The van der Waals surface area contributed by atoms with Gasteiger partial charge in [0.15, 0.2) is 0 Å². The Morgan fingerprint density at radius 1 is 0.920 bits per heavy atom. The van der Waals surface area contributed by atoms with Gasteiger partial charge in [-0.2, -0.15) is 0 Å². The third-order valence-electron chi connectivity index (χ3n) is 3.97. The Hall–Kier alpha value is -3.01. The maximum absolute atomic E-state index is 13.1. The van der Waals surface area contributed by atoms with Crippen molar-refractivity contribution >= 4 is 5.91 Å². The van der Waals surface area contributed by atoms with Crippen LogP contribution in [-0.2, 0) is 13.0 Å². The summed E-state index contributed by atoms with van der Waals surface area (Å²) in [4.78, 5) is 18.9. The van der Waals surface area contributed by atoms with Crippen LogP contribution in [0.4, 0.5) is 4.39 Å². The smallest absolute Gasteiger partial charge is 0.254 e. The molecular weight excluding hydrogens is 315 g/mol. The SMILES string of the molecule is O=C(c1ccc(F)cc1)N(CCc1ccccc1)Cc1ccccn1. The summed E-state index contributed by atoms with van der Waals surface area (Å²) in [6, 6.07) is 21.3. The van der Waals surface area contributed by atoms with E-state index in [0.29, 0.717) is 18.7 Å². The van der Waals surface area contributed by atoms with Crippen LogP contribution >= 0.6 is 0 Å². The molecule has 0 aliphatic carbocycles. The summed E-state index contributed by atoms with van der Waals surface area (Å²) >= 11 is 0. The molecule has 0 spiro atoms. The number of hydrogen-bond donors (Lipinski definition) is 0. The van der Waals surface area contributed by atoms with Crippen molar-refractivity contribution in [3.63, 3.8) is 0 Å². The van der Waals surface area contributed by atoms with Gasteiger partial charge in [-0.25, -0.2) is 4.39 Å². The van der Waals surface area contributed by atoms with E-state index in [0.717, 1.165) is 12.1 Å². The summed E-state index contributed by atoms with van der Waals surface area (Å²) in [5, 5.41) is 0. The second-order valence-electron chi connectivity index (χ2n) is 5.79. The molecule has 126 valence electrons. The molecule has 0 unspecified atom stereocenters. The van der Waals surface area contributed by atoms with Crippen LogP contribution in [0.5, 0.6) is 0 Å². The van der Waals surface area contributed by atoms with Gasteiger partial charge in [0, 0.05) is 18.3 Å². The average Bonchev–Trinajstić information content (AvgIpc) is 2.67. The summed E-state index contributed by atoms with van der Waals surface area (Å²) in [6.45, 7) is 0.987. The fourth-order valence-electron chi connectivity index (χ4n) is 2.62. The molecule has 1 amide bonds. The van der Waals surface area contributed by atoms with Crippen LogP contribution in [0.15, 0.2) is 79.0 Å². The van der Waals surface area contributed by atoms with Gasteiger partial charge in [-0.05, 0) is 48.4 Å². The Labute approximate surface area is 146 Å². The van der Waals surface area contributed by atoms with Gasteiger partial charge in [-0.3, -0.25) is 9.78 Å². The van der Waals surface area contributed by atoms with Crippen LogP contribution in [0.2, 0.25) is 0 Å². The van der Waals surface area contributed by atoms with Gasteiger partial charge in [0.05, 0.1) is 12.2 Å². The van der Waals surface area contributed by atoms with E-state index in [1.807, 2.05) is 48.5 Å². The summed E-state index contributed by atoms with van der Waals surface area (Å²) in [5.41, 5.74) is 2.47. The van der Waals surface area contributed by atoms with E-state index in [9.17, 15) is 9.18 Å². The number of amides is 1. The van der Waals surface area contributed by atoms with E-state index in [1.165, 1.54) is 29.8 Å². The molecule has 0 saturated heterocycles. The lowest BCUT2D eigenvalue weighted by molar-refractivity contribution is 0.0743. The summed E-state index contributed by atoms with van der Waals surface area (Å²) in [6.07, 6.45) is 2.47. The molecule has 0 fully saturated rings. The van der Waals surface area contributed by atoms with E-state index in [1.54, 1.807) is 11.1 Å². The topological polar surface area (TPSA) is 33.2 Å². The first-order valence-corrected chi connectivity index (χ1v) is 8.21. The van der Waals surface area contributed by atoms with Crippen molar-refractivity contribution in [2.75, 3.05) is 6.54 Å². The molecule has 0 bridgehead atoms. The molecule has 4 heteroatoms. The summed E-state index contributed by atoms with van der Waals surface area (Å²) < 4.78 is 13.1. The first-order chi connectivity index (χ1) is 12.2. The third-order valence-corrected chi connectivity index (χ3v) is 3.97. The molecule has 0 aliphatic heterocycles. The Balaban J connectivity index is 1.77. The molecule has 3 aromatic rings. The van der Waals surface area contributed by atoms with Crippen molar-refractivity contribution in [3.8, 4) is 0 Å². The van der Waals surface area contributed by atoms with Gasteiger partial charge in [0.1, 0.15) is 5.82 Å². The van der Waals surface area contributed by atoms with E-state index in [2.05, 4.69) is 4.98 Å². The second kappa shape index (κ2) is 8.20. The van der Waals surface area contributed by atoms with Crippen molar-refractivity contribution in [2.45, 2.75) is 13.0 Å².